The molecule has 4 N–H and O–H groups in total. The molecule has 1 aromatic heterocycles. The lowest BCUT2D eigenvalue weighted by Gasteiger charge is -2.25. The molecule has 18 heavy (non-hydrogen) atoms. The number of aromatic nitrogens is 2. The predicted octanol–water partition coefficient (Wildman–Crippen LogP) is 2.49. The molecule has 0 amide bonds. The zero-order valence-electron chi connectivity index (χ0n) is 10.4. The van der Waals surface area contributed by atoms with Gasteiger partial charge >= 0.3 is 0 Å². The lowest BCUT2D eigenvalue weighted by Crippen LogP contribution is -2.26. The maximum Gasteiger partial charge on any atom is 0.175 e. The second kappa shape index (κ2) is 4.55. The minimum Gasteiger partial charge on any atom is -0.387 e. The first-order chi connectivity index (χ1) is 8.72. The van der Waals surface area contributed by atoms with Crippen molar-refractivity contribution < 1.29 is 0 Å². The Labute approximate surface area is 106 Å². The molecule has 2 aliphatic rings. The molecular weight excluding hydrogens is 226 g/mol. The Bertz CT molecular complexity index is 479. The highest BCUT2D eigenvalue weighted by atomic mass is 15.2. The summed E-state index contributed by atoms with van der Waals surface area (Å²) < 4.78 is 0. The molecule has 3 rings (SSSR count). The topological polar surface area (TPSA) is 90.9 Å². The number of hydrogen-bond acceptors (Lipinski definition) is 3. The van der Waals surface area contributed by atoms with Crippen molar-refractivity contribution in [2.75, 3.05) is 0 Å². The number of aromatic amines is 1. The highest BCUT2D eigenvalue weighted by Crippen LogP contribution is 2.39. The number of nitrogens with zero attached hydrogens (tertiary/aromatic N) is 2. The van der Waals surface area contributed by atoms with Gasteiger partial charge in [0.2, 0.25) is 0 Å². The van der Waals surface area contributed by atoms with Crippen molar-refractivity contribution in [1.29, 1.82) is 5.41 Å². The minimum absolute atomic E-state index is 0.444. The van der Waals surface area contributed by atoms with Crippen LogP contribution < -0.4 is 5.73 Å². The molecule has 2 saturated carbocycles. The summed E-state index contributed by atoms with van der Waals surface area (Å²) in [5.41, 5.74) is 7.76. The molecule has 5 heteroatoms. The van der Waals surface area contributed by atoms with Gasteiger partial charge in [-0.3, -0.25) is 5.10 Å². The number of hydrogen-bond donors (Lipinski definition) is 3. The Morgan fingerprint density at radius 3 is 2.83 bits per heavy atom. The molecule has 2 fully saturated rings. The Balaban J connectivity index is 1.60. The summed E-state index contributed by atoms with van der Waals surface area (Å²) in [5.74, 6) is 2.24. The lowest BCUT2D eigenvalue weighted by molar-refractivity contribution is 0.409. The molecule has 5 nitrogen and oxygen atoms in total. The number of rotatable bonds is 5. The molecule has 0 aliphatic heterocycles. The molecule has 0 radical (unpaired) electrons. The van der Waals surface area contributed by atoms with E-state index in [1.165, 1.54) is 19.3 Å². The van der Waals surface area contributed by atoms with Crippen LogP contribution >= 0.6 is 0 Å². The summed E-state index contributed by atoms with van der Waals surface area (Å²) in [7, 11) is 0. The van der Waals surface area contributed by atoms with Crippen LogP contribution in [0.4, 0.5) is 5.82 Å². The summed E-state index contributed by atoms with van der Waals surface area (Å²) in [6.45, 7) is 0. The largest absolute Gasteiger partial charge is 0.387 e. The first kappa shape index (κ1) is 11.4. The molecule has 1 aromatic rings. The van der Waals surface area contributed by atoms with E-state index in [0.29, 0.717) is 29.9 Å². The van der Waals surface area contributed by atoms with Gasteiger partial charge in [0.1, 0.15) is 5.84 Å². The van der Waals surface area contributed by atoms with Crippen LogP contribution in [0.5, 0.6) is 0 Å². The van der Waals surface area contributed by atoms with E-state index in [2.05, 4.69) is 15.2 Å². The fraction of sp³-hybridized carbons (Fsp3) is 0.615. The number of nitrogens with one attached hydrogen (secondary N) is 2. The first-order valence-electron chi connectivity index (χ1n) is 6.68. The van der Waals surface area contributed by atoms with Gasteiger partial charge in [0.25, 0.3) is 0 Å². The third-order valence-electron chi connectivity index (χ3n) is 3.83. The summed E-state index contributed by atoms with van der Waals surface area (Å²) in [6, 6.07) is 1.97. The normalized spacial score (nSPS) is 20.8. The monoisotopic (exact) mass is 245 g/mol. The van der Waals surface area contributed by atoms with E-state index in [0.717, 1.165) is 24.2 Å². The van der Waals surface area contributed by atoms with Crippen LogP contribution in [0.3, 0.4) is 0 Å². The van der Waals surface area contributed by atoms with Crippen LogP contribution in [-0.4, -0.2) is 21.7 Å². The van der Waals surface area contributed by atoms with Crippen LogP contribution in [0.2, 0.25) is 0 Å². The van der Waals surface area contributed by atoms with Crippen LogP contribution in [-0.2, 0) is 0 Å². The van der Waals surface area contributed by atoms with E-state index >= 15 is 0 Å². The summed E-state index contributed by atoms with van der Waals surface area (Å²) in [5, 5.41) is 15.1. The third-order valence-corrected chi connectivity index (χ3v) is 3.83. The molecule has 1 heterocycles. The molecule has 0 bridgehead atoms. The Morgan fingerprint density at radius 1 is 1.44 bits per heavy atom. The smallest absolute Gasteiger partial charge is 0.175 e. The number of amidine groups is 1. The van der Waals surface area contributed by atoms with Crippen molar-refractivity contribution >= 4 is 17.4 Å². The van der Waals surface area contributed by atoms with E-state index in [1.807, 2.05) is 6.07 Å². The maximum absolute atomic E-state index is 7.94. The molecule has 0 atom stereocenters. The van der Waals surface area contributed by atoms with Gasteiger partial charge in [-0.05, 0) is 31.6 Å². The van der Waals surface area contributed by atoms with Gasteiger partial charge in [-0.25, -0.2) is 4.99 Å². The van der Waals surface area contributed by atoms with Crippen molar-refractivity contribution in [3.8, 4) is 0 Å². The van der Waals surface area contributed by atoms with Gasteiger partial charge < -0.3 is 11.1 Å². The second-order valence-electron chi connectivity index (χ2n) is 5.39. The van der Waals surface area contributed by atoms with Crippen LogP contribution in [0.25, 0.3) is 0 Å². The predicted molar refractivity (Wildman–Crippen MR) is 71.5 cm³/mol. The Kier molecular flexibility index (Phi) is 2.89. The standard InChI is InChI=1S/C13H19N5/c14-10(8-2-1-3-8)6-12(15)16-13-7-11(17-18-13)9-4-5-9/h7-9,14H,1-6H2,(H3,15,16,17,18). The average Bonchev–Trinajstić information content (AvgIpc) is 2.97. The quantitative estimate of drug-likeness (QED) is 0.549. The zero-order valence-corrected chi connectivity index (χ0v) is 10.4. The van der Waals surface area contributed by atoms with Crippen LogP contribution in [0.15, 0.2) is 11.1 Å². The third kappa shape index (κ3) is 2.44. The van der Waals surface area contributed by atoms with Gasteiger partial charge in [0.05, 0.1) is 0 Å². The maximum atomic E-state index is 7.94. The van der Waals surface area contributed by atoms with Gasteiger partial charge in [-0.2, -0.15) is 5.10 Å². The van der Waals surface area contributed by atoms with Crippen LogP contribution in [0, 0.1) is 11.3 Å². The van der Waals surface area contributed by atoms with Gasteiger partial charge in [0, 0.05) is 29.8 Å². The van der Waals surface area contributed by atoms with E-state index in [4.69, 9.17) is 11.1 Å². The Morgan fingerprint density at radius 2 is 2.22 bits per heavy atom. The SMILES string of the molecule is N=C(CC(N)=Nc1cc(C2CC2)[nH]n1)C1CCC1. The van der Waals surface area contributed by atoms with E-state index < -0.39 is 0 Å². The lowest BCUT2D eigenvalue weighted by atomic mass is 9.80. The van der Waals surface area contributed by atoms with Crippen molar-refractivity contribution in [2.24, 2.45) is 16.6 Å². The summed E-state index contributed by atoms with van der Waals surface area (Å²) >= 11 is 0. The van der Waals surface area contributed by atoms with Gasteiger partial charge in [-0.1, -0.05) is 6.42 Å². The van der Waals surface area contributed by atoms with Crippen molar-refractivity contribution in [3.63, 3.8) is 0 Å². The molecule has 0 saturated heterocycles. The average molecular weight is 245 g/mol. The van der Waals surface area contributed by atoms with Gasteiger partial charge in [-0.15, -0.1) is 0 Å². The van der Waals surface area contributed by atoms with Crippen molar-refractivity contribution in [1.82, 2.24) is 10.2 Å². The summed E-state index contributed by atoms with van der Waals surface area (Å²) in [6.07, 6.45) is 6.49. The van der Waals surface area contributed by atoms with E-state index in [9.17, 15) is 0 Å². The van der Waals surface area contributed by atoms with Gasteiger partial charge in [0.15, 0.2) is 5.82 Å². The molecular formula is C13H19N5. The molecule has 0 aromatic carbocycles. The summed E-state index contributed by atoms with van der Waals surface area (Å²) in [4.78, 5) is 4.28. The van der Waals surface area contributed by atoms with Crippen molar-refractivity contribution in [3.05, 3.63) is 11.8 Å². The minimum atomic E-state index is 0.444. The second-order valence-corrected chi connectivity index (χ2v) is 5.39. The van der Waals surface area contributed by atoms with Crippen LogP contribution in [0.1, 0.15) is 50.1 Å². The van der Waals surface area contributed by atoms with E-state index in [1.54, 1.807) is 0 Å². The number of aliphatic imine (C=N–C) groups is 1. The highest BCUT2D eigenvalue weighted by molar-refractivity contribution is 6.03. The van der Waals surface area contributed by atoms with E-state index in [-0.39, 0.29) is 0 Å². The zero-order chi connectivity index (χ0) is 12.5. The molecule has 0 unspecified atom stereocenters. The fourth-order valence-corrected chi connectivity index (χ4v) is 2.27. The van der Waals surface area contributed by atoms with Crippen molar-refractivity contribution in [2.45, 2.75) is 44.4 Å². The molecule has 0 spiro atoms. The Hall–Kier alpha value is -1.65. The number of nitrogens with two attached hydrogens (primary N) is 1. The molecule has 2 aliphatic carbocycles. The fourth-order valence-electron chi connectivity index (χ4n) is 2.27. The highest BCUT2D eigenvalue weighted by Gasteiger charge is 2.25. The molecule has 96 valence electrons. The first-order valence-corrected chi connectivity index (χ1v) is 6.68. The number of H-pyrrole nitrogens is 1.